The van der Waals surface area contributed by atoms with E-state index in [4.69, 9.17) is 4.99 Å². The molecule has 0 aliphatic heterocycles. The quantitative estimate of drug-likeness (QED) is 0.677. The Bertz CT molecular complexity index is 524. The number of nitrogens with zero attached hydrogens (tertiary/aromatic N) is 1. The first-order chi connectivity index (χ1) is 8.90. The van der Waals surface area contributed by atoms with Gasteiger partial charge in [-0.3, -0.25) is 0 Å². The summed E-state index contributed by atoms with van der Waals surface area (Å²) >= 11 is 0. The molecule has 0 fully saturated rings. The second-order valence-corrected chi connectivity index (χ2v) is 4.01. The maximum absolute atomic E-state index is 4.70. The minimum atomic E-state index is 0.983. The van der Waals surface area contributed by atoms with Crippen LogP contribution < -0.4 is 0 Å². The molecule has 0 bridgehead atoms. The van der Waals surface area contributed by atoms with Gasteiger partial charge in [0, 0.05) is 5.56 Å². The van der Waals surface area contributed by atoms with Crippen molar-refractivity contribution >= 4 is 11.4 Å². The lowest BCUT2D eigenvalue weighted by atomic mass is 10.1. The predicted octanol–water partition coefficient (Wildman–Crippen LogP) is 4.77. The Kier molecular flexibility index (Phi) is 4.48. The molecule has 2 aromatic rings. The third-order valence-electron chi connectivity index (χ3n) is 2.59. The molecule has 0 aliphatic carbocycles. The number of benzene rings is 2. The van der Waals surface area contributed by atoms with Gasteiger partial charge in [0.15, 0.2) is 0 Å². The molecule has 0 aromatic heterocycles. The third-order valence-corrected chi connectivity index (χ3v) is 2.59. The fraction of sp³-hybridized carbons (Fsp3) is 0.118. The lowest BCUT2D eigenvalue weighted by Crippen LogP contribution is -1.95. The molecule has 1 heteroatoms. The minimum absolute atomic E-state index is 0.983. The van der Waals surface area contributed by atoms with E-state index in [1.165, 1.54) is 0 Å². The molecule has 0 atom stereocenters. The summed E-state index contributed by atoms with van der Waals surface area (Å²) in [5, 5.41) is 0. The van der Waals surface area contributed by atoms with Crippen LogP contribution in [0, 0.1) is 0 Å². The largest absolute Gasteiger partial charge is 0.248 e. The molecule has 0 amide bonds. The zero-order valence-electron chi connectivity index (χ0n) is 10.6. The van der Waals surface area contributed by atoms with E-state index >= 15 is 0 Å². The molecular formula is C17H17N. The average Bonchev–Trinajstić information content (AvgIpc) is 2.45. The molecule has 0 saturated carbocycles. The van der Waals surface area contributed by atoms with Gasteiger partial charge in [-0.15, -0.1) is 0 Å². The zero-order valence-corrected chi connectivity index (χ0v) is 10.6. The Hall–Kier alpha value is -2.15. The molecule has 0 heterocycles. The van der Waals surface area contributed by atoms with Crippen LogP contribution in [0.3, 0.4) is 0 Å². The van der Waals surface area contributed by atoms with Gasteiger partial charge in [-0.2, -0.15) is 0 Å². The summed E-state index contributed by atoms with van der Waals surface area (Å²) in [6.07, 6.45) is 5.23. The number of rotatable bonds is 4. The Morgan fingerprint density at radius 3 is 2.17 bits per heavy atom. The van der Waals surface area contributed by atoms with Crippen LogP contribution in [0.25, 0.3) is 0 Å². The summed E-state index contributed by atoms with van der Waals surface area (Å²) in [5.74, 6) is 0. The van der Waals surface area contributed by atoms with E-state index in [1.807, 2.05) is 48.5 Å². The van der Waals surface area contributed by atoms with Crippen molar-refractivity contribution in [3.63, 3.8) is 0 Å². The lowest BCUT2D eigenvalue weighted by molar-refractivity contribution is 1.23. The van der Waals surface area contributed by atoms with Crippen LogP contribution in [0.15, 0.2) is 77.8 Å². The first-order valence-electron chi connectivity index (χ1n) is 6.26. The highest BCUT2D eigenvalue weighted by Crippen LogP contribution is 2.14. The topological polar surface area (TPSA) is 12.4 Å². The number of hydrogen-bond donors (Lipinski definition) is 0. The summed E-state index contributed by atoms with van der Waals surface area (Å²) in [4.78, 5) is 4.70. The van der Waals surface area contributed by atoms with Crippen molar-refractivity contribution < 1.29 is 0 Å². The molecule has 18 heavy (non-hydrogen) atoms. The second kappa shape index (κ2) is 6.55. The molecule has 0 N–H and O–H groups in total. The molecule has 0 spiro atoms. The van der Waals surface area contributed by atoms with Crippen molar-refractivity contribution in [2.75, 3.05) is 0 Å². The molecule has 0 saturated heterocycles. The van der Waals surface area contributed by atoms with Gasteiger partial charge in [0.25, 0.3) is 0 Å². The predicted molar refractivity (Wildman–Crippen MR) is 78.5 cm³/mol. The highest BCUT2D eigenvalue weighted by Gasteiger charge is 1.98. The number of aliphatic imine (C=N–C) groups is 1. The molecule has 2 aromatic carbocycles. The minimum Gasteiger partial charge on any atom is -0.248 e. The van der Waals surface area contributed by atoms with Crippen LogP contribution in [0.2, 0.25) is 0 Å². The first kappa shape index (κ1) is 12.3. The molecule has 1 nitrogen and oxygen atoms in total. The van der Waals surface area contributed by atoms with Gasteiger partial charge in [0.2, 0.25) is 0 Å². The van der Waals surface area contributed by atoms with Gasteiger partial charge in [-0.1, -0.05) is 61.5 Å². The van der Waals surface area contributed by atoms with E-state index in [1.54, 1.807) is 0 Å². The third kappa shape index (κ3) is 3.42. The van der Waals surface area contributed by atoms with E-state index in [9.17, 15) is 0 Å². The summed E-state index contributed by atoms with van der Waals surface area (Å²) in [6.45, 7) is 2.13. The lowest BCUT2D eigenvalue weighted by Gasteiger charge is -2.02. The zero-order chi connectivity index (χ0) is 12.6. The van der Waals surface area contributed by atoms with E-state index in [2.05, 4.69) is 31.2 Å². The van der Waals surface area contributed by atoms with E-state index in [0.717, 1.165) is 23.4 Å². The monoisotopic (exact) mass is 235 g/mol. The standard InChI is InChI=1S/C17H17N/c1-2-3-14-17(15-10-6-4-7-11-15)18-16-12-8-5-9-13-16/h3-14H,2H2,1H3/b14-3-,18-17?. The van der Waals surface area contributed by atoms with Gasteiger partial charge in [0.1, 0.15) is 0 Å². The summed E-state index contributed by atoms with van der Waals surface area (Å²) in [7, 11) is 0. The maximum atomic E-state index is 4.70. The van der Waals surface area contributed by atoms with Crippen molar-refractivity contribution in [2.45, 2.75) is 13.3 Å². The van der Waals surface area contributed by atoms with Crippen LogP contribution in [0.5, 0.6) is 0 Å². The fourth-order valence-corrected chi connectivity index (χ4v) is 1.68. The van der Waals surface area contributed by atoms with Crippen LogP contribution >= 0.6 is 0 Å². The van der Waals surface area contributed by atoms with Crippen LogP contribution in [0.1, 0.15) is 18.9 Å². The summed E-state index contributed by atoms with van der Waals surface area (Å²) in [6, 6.07) is 20.3. The van der Waals surface area contributed by atoms with Crippen molar-refractivity contribution in [1.82, 2.24) is 0 Å². The van der Waals surface area contributed by atoms with Crippen molar-refractivity contribution in [2.24, 2.45) is 4.99 Å². The smallest absolute Gasteiger partial charge is 0.0706 e. The van der Waals surface area contributed by atoms with Crippen molar-refractivity contribution in [3.05, 3.63) is 78.4 Å². The van der Waals surface area contributed by atoms with E-state index in [-0.39, 0.29) is 0 Å². The summed E-state index contributed by atoms with van der Waals surface area (Å²) < 4.78 is 0. The maximum Gasteiger partial charge on any atom is 0.0706 e. The van der Waals surface area contributed by atoms with E-state index in [0.29, 0.717) is 0 Å². The highest BCUT2D eigenvalue weighted by molar-refractivity contribution is 6.09. The van der Waals surface area contributed by atoms with Gasteiger partial charge >= 0.3 is 0 Å². The Morgan fingerprint density at radius 1 is 0.944 bits per heavy atom. The van der Waals surface area contributed by atoms with Gasteiger partial charge in [0.05, 0.1) is 11.4 Å². The Morgan fingerprint density at radius 2 is 1.56 bits per heavy atom. The van der Waals surface area contributed by atoms with Crippen molar-refractivity contribution in [3.8, 4) is 0 Å². The number of allylic oxidation sites excluding steroid dienone is 2. The normalized spacial score (nSPS) is 11.9. The first-order valence-corrected chi connectivity index (χ1v) is 6.26. The van der Waals surface area contributed by atoms with Gasteiger partial charge in [-0.25, -0.2) is 4.99 Å². The Labute approximate surface area is 109 Å². The summed E-state index contributed by atoms with van der Waals surface area (Å²) in [5.41, 5.74) is 3.13. The molecule has 0 unspecified atom stereocenters. The second-order valence-electron chi connectivity index (χ2n) is 4.01. The molecule has 90 valence electrons. The fourth-order valence-electron chi connectivity index (χ4n) is 1.68. The molecule has 0 aliphatic rings. The molecular weight excluding hydrogens is 218 g/mol. The molecule has 0 radical (unpaired) electrons. The number of para-hydroxylation sites is 1. The van der Waals surface area contributed by atoms with Crippen LogP contribution in [0.4, 0.5) is 5.69 Å². The highest BCUT2D eigenvalue weighted by atomic mass is 14.7. The van der Waals surface area contributed by atoms with E-state index < -0.39 is 0 Å². The average molecular weight is 235 g/mol. The SMILES string of the molecule is CC/C=C\C(=Nc1ccccc1)c1ccccc1. The van der Waals surface area contributed by atoms with Crippen molar-refractivity contribution in [1.29, 1.82) is 0 Å². The van der Waals surface area contributed by atoms with Gasteiger partial charge < -0.3 is 0 Å². The molecule has 2 rings (SSSR count). The van der Waals surface area contributed by atoms with Crippen LogP contribution in [-0.4, -0.2) is 5.71 Å². The Balaban J connectivity index is 2.37. The van der Waals surface area contributed by atoms with Crippen LogP contribution in [-0.2, 0) is 0 Å². The number of hydrogen-bond acceptors (Lipinski definition) is 1. The van der Waals surface area contributed by atoms with Gasteiger partial charge in [-0.05, 0) is 24.6 Å².